The average Bonchev–Trinajstić information content (AvgIpc) is 2.17. The van der Waals surface area contributed by atoms with Crippen molar-refractivity contribution in [2.45, 2.75) is 6.18 Å². The van der Waals surface area contributed by atoms with Gasteiger partial charge >= 0.3 is 12.1 Å². The van der Waals surface area contributed by atoms with Crippen LogP contribution in [0, 0.1) is 0 Å². The monoisotopic (exact) mass is 309 g/mol. The predicted molar refractivity (Wildman–Crippen MR) is 60.2 cm³/mol. The zero-order valence-corrected chi connectivity index (χ0v) is 9.84. The first-order valence-corrected chi connectivity index (χ1v) is 5.08. The van der Waals surface area contributed by atoms with Gasteiger partial charge in [0.2, 0.25) is 0 Å². The van der Waals surface area contributed by atoms with E-state index in [0.717, 1.165) is 24.3 Å². The van der Waals surface area contributed by atoms with Gasteiger partial charge in [0.1, 0.15) is 0 Å². The second-order valence-electron chi connectivity index (χ2n) is 3.13. The lowest BCUT2D eigenvalue weighted by Gasteiger charge is -2.11. The van der Waals surface area contributed by atoms with E-state index in [1.807, 2.05) is 0 Å². The summed E-state index contributed by atoms with van der Waals surface area (Å²) < 4.78 is 37.5. The van der Waals surface area contributed by atoms with Gasteiger partial charge in [-0.2, -0.15) is 13.2 Å². The van der Waals surface area contributed by atoms with Crippen molar-refractivity contribution in [2.75, 3.05) is 5.73 Å². The van der Waals surface area contributed by atoms with E-state index in [-0.39, 0.29) is 10.0 Å². The number of nitrogens with two attached hydrogens (primary N) is 1. The fourth-order valence-electron chi connectivity index (χ4n) is 1.14. The Morgan fingerprint density at radius 2 is 2.00 bits per heavy atom. The zero-order chi connectivity index (χ0) is 13.2. The van der Waals surface area contributed by atoms with Crippen molar-refractivity contribution in [1.29, 1.82) is 0 Å². The zero-order valence-electron chi connectivity index (χ0n) is 8.25. The lowest BCUT2D eigenvalue weighted by molar-refractivity contribution is -0.137. The van der Waals surface area contributed by atoms with Crippen LogP contribution in [0.1, 0.15) is 11.1 Å². The van der Waals surface area contributed by atoms with Gasteiger partial charge in [0.15, 0.2) is 0 Å². The first-order chi connectivity index (χ1) is 7.71. The topological polar surface area (TPSA) is 63.3 Å². The molecule has 0 saturated heterocycles. The molecule has 0 aliphatic carbocycles. The quantitative estimate of drug-likeness (QED) is 0.651. The summed E-state index contributed by atoms with van der Waals surface area (Å²) in [7, 11) is 0. The van der Waals surface area contributed by atoms with E-state index in [2.05, 4.69) is 15.9 Å². The molecule has 0 radical (unpaired) electrons. The third-order valence-electron chi connectivity index (χ3n) is 1.88. The number of alkyl halides is 3. The molecule has 0 aromatic heterocycles. The maximum Gasteiger partial charge on any atom is 0.418 e. The summed E-state index contributed by atoms with van der Waals surface area (Å²) in [5.41, 5.74) is 4.11. The second kappa shape index (κ2) is 4.79. The lowest BCUT2D eigenvalue weighted by atomic mass is 10.1. The van der Waals surface area contributed by atoms with Crippen molar-refractivity contribution in [3.8, 4) is 0 Å². The molecule has 0 fully saturated rings. The molecule has 0 saturated carbocycles. The van der Waals surface area contributed by atoms with Crippen molar-refractivity contribution < 1.29 is 23.1 Å². The van der Waals surface area contributed by atoms with Crippen LogP contribution in [0.4, 0.5) is 18.9 Å². The Balaban J connectivity index is 3.23. The minimum absolute atomic E-state index is 0.122. The number of aliphatic carboxylic acids is 1. The van der Waals surface area contributed by atoms with E-state index in [0.29, 0.717) is 0 Å². The fourth-order valence-corrected chi connectivity index (χ4v) is 1.62. The molecule has 3 nitrogen and oxygen atoms in total. The SMILES string of the molecule is Nc1cc(/C=C/C(=O)O)c(Br)cc1C(F)(F)F. The van der Waals surface area contributed by atoms with E-state index in [9.17, 15) is 18.0 Å². The smallest absolute Gasteiger partial charge is 0.418 e. The molecule has 0 bridgehead atoms. The summed E-state index contributed by atoms with van der Waals surface area (Å²) in [5.74, 6) is -1.20. The van der Waals surface area contributed by atoms with E-state index in [1.54, 1.807) is 0 Å². The van der Waals surface area contributed by atoms with Gasteiger partial charge in [-0.1, -0.05) is 15.9 Å². The minimum atomic E-state index is -4.54. The number of halogens is 4. The van der Waals surface area contributed by atoms with E-state index in [4.69, 9.17) is 10.8 Å². The van der Waals surface area contributed by atoms with Gasteiger partial charge in [0.25, 0.3) is 0 Å². The van der Waals surface area contributed by atoms with Gasteiger partial charge in [0, 0.05) is 16.2 Å². The molecule has 0 unspecified atom stereocenters. The highest BCUT2D eigenvalue weighted by Crippen LogP contribution is 2.36. The van der Waals surface area contributed by atoms with Crippen molar-refractivity contribution in [2.24, 2.45) is 0 Å². The van der Waals surface area contributed by atoms with Crippen LogP contribution in [0.2, 0.25) is 0 Å². The largest absolute Gasteiger partial charge is 0.478 e. The maximum atomic E-state index is 12.5. The number of nitrogen functional groups attached to an aromatic ring is 1. The van der Waals surface area contributed by atoms with Crippen LogP contribution >= 0.6 is 15.9 Å². The standard InChI is InChI=1S/C10H7BrF3NO2/c11-7-4-6(10(12,13)14)8(15)3-5(7)1-2-9(16)17/h1-4H,15H2,(H,16,17)/b2-1+. The molecular weight excluding hydrogens is 303 g/mol. The highest BCUT2D eigenvalue weighted by Gasteiger charge is 2.33. The molecule has 1 rings (SSSR count). The molecule has 0 spiro atoms. The Morgan fingerprint density at radius 3 is 2.47 bits per heavy atom. The minimum Gasteiger partial charge on any atom is -0.478 e. The third-order valence-corrected chi connectivity index (χ3v) is 2.57. The molecule has 1 aromatic carbocycles. The van der Waals surface area contributed by atoms with Crippen LogP contribution < -0.4 is 5.73 Å². The van der Waals surface area contributed by atoms with Crippen molar-refractivity contribution in [3.63, 3.8) is 0 Å². The summed E-state index contributed by atoms with van der Waals surface area (Å²) in [5, 5.41) is 8.41. The summed E-state index contributed by atoms with van der Waals surface area (Å²) in [6, 6.07) is 1.88. The van der Waals surface area contributed by atoms with Crippen molar-refractivity contribution in [3.05, 3.63) is 33.8 Å². The average molecular weight is 310 g/mol. The molecular formula is C10H7BrF3NO2. The molecule has 0 amide bonds. The summed E-state index contributed by atoms with van der Waals surface area (Å²) >= 11 is 2.92. The number of carboxylic acid groups (broad SMARTS) is 1. The number of anilines is 1. The first kappa shape index (κ1) is 13.6. The summed E-state index contributed by atoms with van der Waals surface area (Å²) in [6.07, 6.45) is -2.57. The fraction of sp³-hybridized carbons (Fsp3) is 0.100. The van der Waals surface area contributed by atoms with Crippen molar-refractivity contribution in [1.82, 2.24) is 0 Å². The number of carboxylic acids is 1. The number of hydrogen-bond acceptors (Lipinski definition) is 2. The molecule has 1 aromatic rings. The van der Waals surface area contributed by atoms with Crippen LogP contribution in [-0.4, -0.2) is 11.1 Å². The third kappa shape index (κ3) is 3.48. The molecule has 92 valence electrons. The number of rotatable bonds is 2. The molecule has 0 heterocycles. The van der Waals surface area contributed by atoms with Crippen LogP contribution in [0.15, 0.2) is 22.7 Å². The lowest BCUT2D eigenvalue weighted by Crippen LogP contribution is -2.09. The van der Waals surface area contributed by atoms with E-state index in [1.165, 1.54) is 0 Å². The Bertz CT molecular complexity index is 483. The Morgan fingerprint density at radius 1 is 1.41 bits per heavy atom. The molecule has 0 aliphatic rings. The normalized spacial score (nSPS) is 12.0. The van der Waals surface area contributed by atoms with Gasteiger partial charge in [-0.25, -0.2) is 4.79 Å². The van der Waals surface area contributed by atoms with Gasteiger partial charge < -0.3 is 10.8 Å². The number of benzene rings is 1. The predicted octanol–water partition coefficient (Wildman–Crippen LogP) is 3.15. The molecule has 7 heteroatoms. The van der Waals surface area contributed by atoms with Crippen molar-refractivity contribution >= 4 is 33.7 Å². The number of hydrogen-bond donors (Lipinski definition) is 2. The number of carbonyl (C=O) groups is 1. The van der Waals surface area contributed by atoms with Gasteiger partial charge in [-0.05, 0) is 23.8 Å². The highest BCUT2D eigenvalue weighted by atomic mass is 79.9. The second-order valence-corrected chi connectivity index (χ2v) is 3.98. The van der Waals surface area contributed by atoms with Gasteiger partial charge in [-0.3, -0.25) is 0 Å². The Labute approximate surface area is 103 Å². The Kier molecular flexibility index (Phi) is 3.82. The Hall–Kier alpha value is -1.50. The van der Waals surface area contributed by atoms with Gasteiger partial charge in [0.05, 0.1) is 5.56 Å². The van der Waals surface area contributed by atoms with Gasteiger partial charge in [-0.15, -0.1) is 0 Å². The van der Waals surface area contributed by atoms with Crippen LogP contribution in [0.5, 0.6) is 0 Å². The first-order valence-electron chi connectivity index (χ1n) is 4.29. The molecule has 3 N–H and O–H groups in total. The summed E-state index contributed by atoms with van der Waals surface area (Å²) in [4.78, 5) is 10.3. The van der Waals surface area contributed by atoms with Crippen LogP contribution in [0.3, 0.4) is 0 Å². The molecule has 0 aliphatic heterocycles. The summed E-state index contributed by atoms with van der Waals surface area (Å²) in [6.45, 7) is 0. The molecule has 0 atom stereocenters. The van der Waals surface area contributed by atoms with E-state index >= 15 is 0 Å². The van der Waals surface area contributed by atoms with Crippen LogP contribution in [-0.2, 0) is 11.0 Å². The maximum absolute atomic E-state index is 12.5. The highest BCUT2D eigenvalue weighted by molar-refractivity contribution is 9.10. The van der Waals surface area contributed by atoms with Crippen LogP contribution in [0.25, 0.3) is 6.08 Å². The molecule has 17 heavy (non-hydrogen) atoms. The van der Waals surface area contributed by atoms with E-state index < -0.39 is 23.4 Å².